The van der Waals surface area contributed by atoms with Gasteiger partial charge >= 0.3 is 0 Å². The summed E-state index contributed by atoms with van der Waals surface area (Å²) in [6.45, 7) is 2.08. The number of rotatable bonds is 11. The van der Waals surface area contributed by atoms with E-state index < -0.39 is 22.0 Å². The number of fused-ring (bicyclic) bond motifs is 2. The van der Waals surface area contributed by atoms with Crippen LogP contribution >= 0.6 is 0 Å². The molecule has 1 saturated heterocycles. The molecule has 1 amide bonds. The third-order valence-electron chi connectivity index (χ3n) is 8.48. The minimum Gasteiger partial charge on any atom is -0.489 e. The van der Waals surface area contributed by atoms with E-state index in [1.54, 1.807) is 23.1 Å². The maximum atomic E-state index is 13.8. The van der Waals surface area contributed by atoms with Crippen molar-refractivity contribution < 1.29 is 17.9 Å². The number of nitrogens with two attached hydrogens (primary N) is 1. The Labute approximate surface area is 268 Å². The van der Waals surface area contributed by atoms with Crippen LogP contribution in [0.2, 0.25) is 0 Å². The lowest BCUT2D eigenvalue weighted by molar-refractivity contribution is -0.122. The number of carbonyl (C=O) groups excluding carboxylic acids is 1. The fourth-order valence-corrected chi connectivity index (χ4v) is 7.21. The fraction of sp³-hybridized carbons (Fsp3) is 0.257. The summed E-state index contributed by atoms with van der Waals surface area (Å²) in [5.74, 6) is 0.404. The van der Waals surface area contributed by atoms with E-state index in [0.717, 1.165) is 52.2 Å². The maximum Gasteiger partial charge on any atom is 0.241 e. The Morgan fingerprint density at radius 3 is 2.61 bits per heavy atom. The predicted molar refractivity (Wildman–Crippen MR) is 180 cm³/mol. The van der Waals surface area contributed by atoms with Gasteiger partial charge in [0.25, 0.3) is 0 Å². The third kappa shape index (κ3) is 7.32. The molecule has 0 radical (unpaired) electrons. The number of carbonyl (C=O) groups is 1. The quantitative estimate of drug-likeness (QED) is 0.106. The van der Waals surface area contributed by atoms with Crippen molar-refractivity contribution in [1.29, 1.82) is 5.41 Å². The average Bonchev–Trinajstić information content (AvgIpc) is 3.48. The number of aromatic amines is 1. The van der Waals surface area contributed by atoms with Crippen LogP contribution in [-0.2, 0) is 27.8 Å². The summed E-state index contributed by atoms with van der Waals surface area (Å²) in [4.78, 5) is 18.7. The molecule has 1 aromatic heterocycles. The molecular weight excluding hydrogens is 600 g/mol. The maximum absolute atomic E-state index is 13.8. The van der Waals surface area contributed by atoms with E-state index >= 15 is 0 Å². The van der Waals surface area contributed by atoms with Gasteiger partial charge in [-0.1, -0.05) is 60.7 Å². The number of hydrogen-bond acceptors (Lipinski definition) is 5. The molecule has 1 aliphatic heterocycles. The highest BCUT2D eigenvalue weighted by molar-refractivity contribution is 7.89. The third-order valence-corrected chi connectivity index (χ3v) is 9.95. The molecule has 0 aliphatic carbocycles. The number of hydrogen-bond donors (Lipinski definition) is 5. The molecule has 2 atom stereocenters. The Bertz CT molecular complexity index is 1960. The Morgan fingerprint density at radius 2 is 1.78 bits per heavy atom. The molecule has 2 heterocycles. The first-order chi connectivity index (χ1) is 22.2. The highest BCUT2D eigenvalue weighted by Gasteiger charge is 2.29. The Morgan fingerprint density at radius 1 is 1.02 bits per heavy atom. The number of nitrogens with zero attached hydrogens (tertiary/aromatic N) is 1. The van der Waals surface area contributed by atoms with E-state index in [9.17, 15) is 13.2 Å². The van der Waals surface area contributed by atoms with Crippen molar-refractivity contribution in [3.8, 4) is 5.75 Å². The van der Waals surface area contributed by atoms with Gasteiger partial charge in [-0.15, -0.1) is 0 Å². The van der Waals surface area contributed by atoms with Crippen LogP contribution in [0.4, 0.5) is 0 Å². The van der Waals surface area contributed by atoms with Gasteiger partial charge in [-0.25, -0.2) is 8.42 Å². The predicted octanol–water partition coefficient (Wildman–Crippen LogP) is 4.51. The van der Waals surface area contributed by atoms with Crippen LogP contribution in [0, 0.1) is 11.3 Å². The second-order valence-corrected chi connectivity index (χ2v) is 13.5. The molecule has 1 fully saturated rings. The Hall–Kier alpha value is -4.87. The van der Waals surface area contributed by atoms with Gasteiger partial charge in [0, 0.05) is 36.7 Å². The molecule has 46 heavy (non-hydrogen) atoms. The van der Waals surface area contributed by atoms with E-state index in [1.165, 1.54) is 0 Å². The van der Waals surface area contributed by atoms with E-state index in [4.69, 9.17) is 15.9 Å². The second-order valence-electron chi connectivity index (χ2n) is 11.8. The number of ether oxygens (including phenoxy) is 1. The normalized spacial score (nSPS) is 15.9. The van der Waals surface area contributed by atoms with Gasteiger partial charge in [0.15, 0.2) is 5.96 Å². The van der Waals surface area contributed by atoms with Crippen molar-refractivity contribution in [2.24, 2.45) is 11.7 Å². The molecule has 2 unspecified atom stereocenters. The molecule has 11 heteroatoms. The Kier molecular flexibility index (Phi) is 9.23. The Balaban J connectivity index is 1.19. The number of likely N-dealkylation sites (tertiary alicyclic amines) is 1. The number of para-hydroxylation sites is 1. The van der Waals surface area contributed by atoms with Crippen molar-refractivity contribution in [2.45, 2.75) is 36.8 Å². The minimum atomic E-state index is -4.08. The fourth-order valence-electron chi connectivity index (χ4n) is 5.98. The van der Waals surface area contributed by atoms with Gasteiger partial charge in [-0.3, -0.25) is 10.2 Å². The van der Waals surface area contributed by atoms with Crippen molar-refractivity contribution >= 4 is 43.6 Å². The highest BCUT2D eigenvalue weighted by Crippen LogP contribution is 2.26. The molecule has 0 spiro atoms. The lowest BCUT2D eigenvalue weighted by Gasteiger charge is -2.33. The van der Waals surface area contributed by atoms with Crippen molar-refractivity contribution in [3.05, 3.63) is 108 Å². The van der Waals surface area contributed by atoms with Crippen LogP contribution in [-0.4, -0.2) is 55.8 Å². The topological polar surface area (TPSA) is 153 Å². The summed E-state index contributed by atoms with van der Waals surface area (Å²) in [5.41, 5.74) is 8.49. The lowest BCUT2D eigenvalue weighted by Crippen LogP contribution is -2.51. The summed E-state index contributed by atoms with van der Waals surface area (Å²) < 4.78 is 36.2. The molecular formula is C35H38N6O4S. The van der Waals surface area contributed by atoms with Crippen molar-refractivity contribution in [1.82, 2.24) is 19.9 Å². The number of H-pyrrole nitrogens is 1. The smallest absolute Gasteiger partial charge is 0.241 e. The zero-order valence-corrected chi connectivity index (χ0v) is 26.2. The number of benzene rings is 4. The van der Waals surface area contributed by atoms with Crippen molar-refractivity contribution in [3.63, 3.8) is 0 Å². The molecule has 0 bridgehead atoms. The largest absolute Gasteiger partial charge is 0.489 e. The summed E-state index contributed by atoms with van der Waals surface area (Å²) in [7, 11) is -4.08. The number of guanidine groups is 1. The zero-order valence-electron chi connectivity index (χ0n) is 25.4. The average molecular weight is 639 g/mol. The first-order valence-corrected chi connectivity index (χ1v) is 16.9. The summed E-state index contributed by atoms with van der Waals surface area (Å²) >= 11 is 0. The number of piperidine rings is 1. The summed E-state index contributed by atoms with van der Waals surface area (Å²) in [5, 5.41) is 13.2. The molecule has 6 rings (SSSR count). The minimum absolute atomic E-state index is 0.0207. The molecule has 5 aromatic rings. The van der Waals surface area contributed by atoms with E-state index in [2.05, 4.69) is 15.0 Å². The van der Waals surface area contributed by atoms with Gasteiger partial charge < -0.3 is 25.7 Å². The second kappa shape index (κ2) is 13.6. The highest BCUT2D eigenvalue weighted by atomic mass is 32.2. The SMILES string of the molecule is N=C(N)N1CCCC(CNC(=O)C(Cc2c[nH]c3ccccc23)NS(=O)(=O)c2ccc3cc(OCc4ccccc4)ccc3c2)C1. The van der Waals surface area contributed by atoms with E-state index in [-0.39, 0.29) is 23.2 Å². The molecule has 238 valence electrons. The van der Waals surface area contributed by atoms with Crippen LogP contribution in [0.3, 0.4) is 0 Å². The van der Waals surface area contributed by atoms with Crippen molar-refractivity contribution in [2.75, 3.05) is 19.6 Å². The number of amides is 1. The van der Waals surface area contributed by atoms with Crippen LogP contribution in [0.1, 0.15) is 24.0 Å². The van der Waals surface area contributed by atoms with Crippen LogP contribution in [0.15, 0.2) is 102 Å². The van der Waals surface area contributed by atoms with E-state index in [0.29, 0.717) is 25.4 Å². The van der Waals surface area contributed by atoms with Gasteiger partial charge in [-0.05, 0) is 77.4 Å². The van der Waals surface area contributed by atoms with Gasteiger partial charge in [0.1, 0.15) is 18.4 Å². The molecule has 0 saturated carbocycles. The summed E-state index contributed by atoms with van der Waals surface area (Å²) in [6, 6.07) is 27.0. The lowest BCUT2D eigenvalue weighted by atomic mass is 9.98. The van der Waals surface area contributed by atoms with Crippen LogP contribution < -0.4 is 20.5 Å². The van der Waals surface area contributed by atoms with Crippen LogP contribution in [0.5, 0.6) is 5.75 Å². The molecule has 6 N–H and O–H groups in total. The number of sulfonamides is 1. The van der Waals surface area contributed by atoms with Gasteiger partial charge in [-0.2, -0.15) is 4.72 Å². The van der Waals surface area contributed by atoms with Gasteiger partial charge in [0.2, 0.25) is 15.9 Å². The number of nitrogens with one attached hydrogen (secondary N) is 4. The first-order valence-electron chi connectivity index (χ1n) is 15.4. The molecule has 10 nitrogen and oxygen atoms in total. The monoisotopic (exact) mass is 638 g/mol. The van der Waals surface area contributed by atoms with E-state index in [1.807, 2.05) is 79.0 Å². The molecule has 4 aromatic carbocycles. The number of aromatic nitrogens is 1. The molecule has 1 aliphatic rings. The standard InChI is InChI=1S/C35H38N6O4S/c36-35(37)41-16-6-9-25(22-41)20-39-34(42)33(19-28-21-38-32-11-5-4-10-31(28)32)40-46(43,44)30-15-13-26-17-29(14-12-27(26)18-30)45-23-24-7-2-1-3-8-24/h1-5,7-8,10-15,17-18,21,25,33,38,40H,6,9,16,19-20,22-23H2,(H3,36,37)(H,39,42). The summed E-state index contributed by atoms with van der Waals surface area (Å²) in [6.07, 6.45) is 3.74. The zero-order chi connectivity index (χ0) is 32.1. The van der Waals surface area contributed by atoms with Crippen LogP contribution in [0.25, 0.3) is 21.7 Å². The van der Waals surface area contributed by atoms with Gasteiger partial charge in [0.05, 0.1) is 4.90 Å². The first kappa shape index (κ1) is 31.1.